The smallest absolute Gasteiger partial charge is 0.267 e. The van der Waals surface area contributed by atoms with Gasteiger partial charge < -0.3 is 10.2 Å². The van der Waals surface area contributed by atoms with Crippen LogP contribution in [0.25, 0.3) is 0 Å². The van der Waals surface area contributed by atoms with Gasteiger partial charge in [0.05, 0.1) is 11.3 Å². The normalized spacial score (nSPS) is 20.5. The third kappa shape index (κ3) is 3.08. The summed E-state index contributed by atoms with van der Waals surface area (Å²) in [7, 11) is 0. The van der Waals surface area contributed by atoms with Gasteiger partial charge >= 0.3 is 0 Å². The SMILES string of the molecule is CCCN1C(=O)c2ccccc2N2C(=O)CCC12C(=O)NCc1cccc(Cl)c1. The van der Waals surface area contributed by atoms with E-state index in [1.807, 2.05) is 19.1 Å². The third-order valence-electron chi connectivity index (χ3n) is 5.53. The minimum absolute atomic E-state index is 0.149. The quantitative estimate of drug-likeness (QED) is 0.820. The molecular weight excluding hydrogens is 390 g/mol. The maximum atomic E-state index is 13.5. The number of fused-ring (bicyclic) bond motifs is 3. The van der Waals surface area contributed by atoms with Crippen molar-refractivity contribution in [3.05, 3.63) is 64.7 Å². The second-order valence-electron chi connectivity index (χ2n) is 7.33. The summed E-state index contributed by atoms with van der Waals surface area (Å²) in [4.78, 5) is 42.7. The maximum absolute atomic E-state index is 13.5. The summed E-state index contributed by atoms with van der Waals surface area (Å²) < 4.78 is 0. The van der Waals surface area contributed by atoms with E-state index in [4.69, 9.17) is 11.6 Å². The lowest BCUT2D eigenvalue weighted by Crippen LogP contribution is -2.70. The van der Waals surface area contributed by atoms with Gasteiger partial charge in [0.2, 0.25) is 11.6 Å². The summed E-state index contributed by atoms with van der Waals surface area (Å²) in [6.45, 7) is 2.60. The highest BCUT2D eigenvalue weighted by Gasteiger charge is 2.60. The molecule has 2 aromatic carbocycles. The fraction of sp³-hybridized carbons (Fsp3) is 0.318. The van der Waals surface area contributed by atoms with Crippen LogP contribution in [0.4, 0.5) is 5.69 Å². The number of para-hydroxylation sites is 1. The van der Waals surface area contributed by atoms with Crippen molar-refractivity contribution >= 4 is 35.0 Å². The van der Waals surface area contributed by atoms with Crippen molar-refractivity contribution in [3.8, 4) is 0 Å². The summed E-state index contributed by atoms with van der Waals surface area (Å²) in [6, 6.07) is 14.2. The van der Waals surface area contributed by atoms with Crippen molar-refractivity contribution in [2.24, 2.45) is 0 Å². The van der Waals surface area contributed by atoms with E-state index in [9.17, 15) is 14.4 Å². The number of rotatable bonds is 5. The summed E-state index contributed by atoms with van der Waals surface area (Å²) in [5.74, 6) is -0.713. The molecule has 0 saturated carbocycles. The van der Waals surface area contributed by atoms with E-state index in [1.165, 1.54) is 4.90 Å². The van der Waals surface area contributed by atoms with E-state index < -0.39 is 5.66 Å². The van der Waals surface area contributed by atoms with Crippen LogP contribution < -0.4 is 10.2 Å². The summed E-state index contributed by atoms with van der Waals surface area (Å²) in [5.41, 5.74) is 0.472. The monoisotopic (exact) mass is 411 g/mol. The van der Waals surface area contributed by atoms with Crippen LogP contribution in [0, 0.1) is 0 Å². The highest BCUT2D eigenvalue weighted by atomic mass is 35.5. The highest BCUT2D eigenvalue weighted by Crippen LogP contribution is 2.44. The first-order chi connectivity index (χ1) is 14.0. The van der Waals surface area contributed by atoms with Crippen molar-refractivity contribution < 1.29 is 14.4 Å². The Morgan fingerprint density at radius 3 is 2.72 bits per heavy atom. The molecule has 2 heterocycles. The summed E-state index contributed by atoms with van der Waals surface area (Å²) in [6.07, 6.45) is 1.17. The molecule has 1 unspecified atom stereocenters. The number of carbonyl (C=O) groups is 3. The summed E-state index contributed by atoms with van der Waals surface area (Å²) in [5, 5.41) is 3.52. The Kier molecular flexibility index (Phi) is 5.04. The molecule has 1 fully saturated rings. The zero-order valence-corrected chi connectivity index (χ0v) is 16.9. The van der Waals surface area contributed by atoms with E-state index in [1.54, 1.807) is 41.3 Å². The molecule has 2 aromatic rings. The van der Waals surface area contributed by atoms with Crippen molar-refractivity contribution in [2.45, 2.75) is 38.4 Å². The first kappa shape index (κ1) is 19.5. The Bertz CT molecular complexity index is 993. The van der Waals surface area contributed by atoms with Crippen molar-refractivity contribution in [2.75, 3.05) is 11.4 Å². The lowest BCUT2D eigenvalue weighted by atomic mass is 9.95. The number of hydrogen-bond acceptors (Lipinski definition) is 3. The topological polar surface area (TPSA) is 69.7 Å². The molecule has 0 radical (unpaired) electrons. The number of halogens is 1. The Morgan fingerprint density at radius 2 is 1.97 bits per heavy atom. The molecule has 3 amide bonds. The van der Waals surface area contributed by atoms with Gasteiger partial charge in [-0.2, -0.15) is 0 Å². The van der Waals surface area contributed by atoms with Gasteiger partial charge in [-0.25, -0.2) is 0 Å². The van der Waals surface area contributed by atoms with E-state index in [0.717, 1.165) is 5.56 Å². The predicted octanol–water partition coefficient (Wildman–Crippen LogP) is 3.35. The van der Waals surface area contributed by atoms with Crippen molar-refractivity contribution in [1.82, 2.24) is 10.2 Å². The number of nitrogens with zero attached hydrogens (tertiary/aromatic N) is 2. The van der Waals surface area contributed by atoms with Gasteiger partial charge in [0.1, 0.15) is 0 Å². The van der Waals surface area contributed by atoms with Crippen molar-refractivity contribution in [3.63, 3.8) is 0 Å². The van der Waals surface area contributed by atoms with Crippen LogP contribution >= 0.6 is 11.6 Å². The van der Waals surface area contributed by atoms with Gasteiger partial charge in [0, 0.05) is 31.0 Å². The van der Waals surface area contributed by atoms with Crippen LogP contribution in [0.2, 0.25) is 5.02 Å². The molecule has 29 heavy (non-hydrogen) atoms. The predicted molar refractivity (Wildman–Crippen MR) is 111 cm³/mol. The first-order valence-corrected chi connectivity index (χ1v) is 10.1. The van der Waals surface area contributed by atoms with Crippen LogP contribution in [-0.2, 0) is 16.1 Å². The Morgan fingerprint density at radius 1 is 1.17 bits per heavy atom. The number of nitrogens with one attached hydrogen (secondary N) is 1. The second-order valence-corrected chi connectivity index (χ2v) is 7.77. The molecule has 0 aromatic heterocycles. The fourth-order valence-corrected chi connectivity index (χ4v) is 4.49. The van der Waals surface area contributed by atoms with Crippen LogP contribution in [0.3, 0.4) is 0 Å². The van der Waals surface area contributed by atoms with Crippen LogP contribution in [-0.4, -0.2) is 34.8 Å². The molecule has 0 spiro atoms. The number of benzene rings is 2. The fourth-order valence-electron chi connectivity index (χ4n) is 4.28. The van der Waals surface area contributed by atoms with Gasteiger partial charge in [-0.1, -0.05) is 42.8 Å². The minimum Gasteiger partial charge on any atom is -0.348 e. The standard InChI is InChI=1S/C22H22ClN3O3/c1-2-12-25-20(28)17-8-3-4-9-18(17)26-19(27)10-11-22(25,26)21(29)24-14-15-6-5-7-16(23)13-15/h3-9,13H,2,10-12,14H2,1H3,(H,24,29). The average molecular weight is 412 g/mol. The third-order valence-corrected chi connectivity index (χ3v) is 5.76. The maximum Gasteiger partial charge on any atom is 0.267 e. The molecule has 0 aliphatic carbocycles. The lowest BCUT2D eigenvalue weighted by Gasteiger charge is -2.49. The van der Waals surface area contributed by atoms with Crippen LogP contribution in [0.1, 0.15) is 42.1 Å². The number of anilines is 1. The molecule has 1 atom stereocenters. The molecule has 1 saturated heterocycles. The van der Waals surface area contributed by atoms with E-state index in [0.29, 0.717) is 29.2 Å². The molecule has 4 rings (SSSR count). The molecule has 0 bridgehead atoms. The second kappa shape index (κ2) is 7.52. The van der Waals surface area contributed by atoms with Gasteiger partial charge in [-0.05, 0) is 36.2 Å². The Hall–Kier alpha value is -2.86. The molecule has 150 valence electrons. The van der Waals surface area contributed by atoms with Gasteiger partial charge in [-0.3, -0.25) is 19.3 Å². The number of carbonyl (C=O) groups excluding carboxylic acids is 3. The van der Waals surface area contributed by atoms with Gasteiger partial charge in [0.25, 0.3) is 11.8 Å². The van der Waals surface area contributed by atoms with Crippen LogP contribution in [0.5, 0.6) is 0 Å². The number of amides is 3. The van der Waals surface area contributed by atoms with Crippen LogP contribution in [0.15, 0.2) is 48.5 Å². The largest absolute Gasteiger partial charge is 0.348 e. The lowest BCUT2D eigenvalue weighted by molar-refractivity contribution is -0.133. The van der Waals surface area contributed by atoms with E-state index in [-0.39, 0.29) is 37.1 Å². The highest BCUT2D eigenvalue weighted by molar-refractivity contribution is 6.30. The van der Waals surface area contributed by atoms with Crippen molar-refractivity contribution in [1.29, 1.82) is 0 Å². The molecule has 7 heteroatoms. The Labute approximate surface area is 174 Å². The molecular formula is C22H22ClN3O3. The first-order valence-electron chi connectivity index (χ1n) is 9.76. The average Bonchev–Trinajstić information content (AvgIpc) is 3.08. The number of hydrogen-bond donors (Lipinski definition) is 1. The zero-order valence-electron chi connectivity index (χ0n) is 16.2. The molecule has 1 N–H and O–H groups in total. The minimum atomic E-state index is -1.34. The molecule has 2 aliphatic rings. The Balaban J connectivity index is 1.74. The molecule has 6 nitrogen and oxygen atoms in total. The van der Waals surface area contributed by atoms with Gasteiger partial charge in [0.15, 0.2) is 0 Å². The van der Waals surface area contributed by atoms with E-state index in [2.05, 4.69) is 5.32 Å². The van der Waals surface area contributed by atoms with E-state index >= 15 is 0 Å². The summed E-state index contributed by atoms with van der Waals surface area (Å²) >= 11 is 6.04. The molecule has 2 aliphatic heterocycles. The zero-order chi connectivity index (χ0) is 20.6. The van der Waals surface area contributed by atoms with Gasteiger partial charge in [-0.15, -0.1) is 0 Å².